The van der Waals surface area contributed by atoms with Gasteiger partial charge in [0.2, 0.25) is 0 Å². The Labute approximate surface area is 121 Å². The summed E-state index contributed by atoms with van der Waals surface area (Å²) in [5.74, 6) is -0.701. The number of carbonyl (C=O) groups excluding carboxylic acids is 1. The molecule has 0 aliphatic rings. The maximum absolute atomic E-state index is 12.5. The van der Waals surface area contributed by atoms with Crippen molar-refractivity contribution >= 4 is 17.0 Å². The van der Waals surface area contributed by atoms with Gasteiger partial charge in [0.15, 0.2) is 0 Å². The highest BCUT2D eigenvalue weighted by atomic mass is 32.2. The quantitative estimate of drug-likeness (QED) is 0.630. The van der Waals surface area contributed by atoms with Crippen LogP contribution in [0.2, 0.25) is 0 Å². The van der Waals surface area contributed by atoms with Crippen LogP contribution in [-0.4, -0.2) is 45.9 Å². The van der Waals surface area contributed by atoms with Crippen LogP contribution in [0.5, 0.6) is 0 Å². The molecule has 1 rings (SSSR count). The van der Waals surface area contributed by atoms with Crippen molar-refractivity contribution in [2.45, 2.75) is 11.1 Å². The average Bonchev–Trinajstić information content (AvgIpc) is 2.37. The van der Waals surface area contributed by atoms with E-state index < -0.39 is 33.6 Å². The molecule has 0 heterocycles. The second-order valence-corrected chi connectivity index (χ2v) is 4.84. The van der Waals surface area contributed by atoms with E-state index in [1.165, 1.54) is 21.1 Å². The lowest BCUT2D eigenvalue weighted by molar-refractivity contribution is -0.137. The maximum atomic E-state index is 12.5. The number of alkyl halides is 3. The van der Waals surface area contributed by atoms with E-state index in [1.807, 2.05) is 0 Å². The molecule has 1 aromatic rings. The van der Waals surface area contributed by atoms with E-state index in [0.717, 1.165) is 11.0 Å². The van der Waals surface area contributed by atoms with Gasteiger partial charge in [0, 0.05) is 31.6 Å². The average molecular weight is 327 g/mol. The third-order valence-electron chi connectivity index (χ3n) is 2.08. The summed E-state index contributed by atoms with van der Waals surface area (Å²) >= 11 is -2.83. The Morgan fingerprint density at radius 1 is 1.33 bits per heavy atom. The van der Waals surface area contributed by atoms with Gasteiger partial charge in [0.1, 0.15) is 0 Å². The first kappa shape index (κ1) is 19.5. The number of hydrogen-bond acceptors (Lipinski definition) is 5. The first-order chi connectivity index (χ1) is 9.54. The molecule has 0 aliphatic carbocycles. The molecule has 2 N–H and O–H groups in total. The second kappa shape index (κ2) is 8.08. The van der Waals surface area contributed by atoms with Crippen molar-refractivity contribution in [2.75, 3.05) is 21.1 Å². The Hall–Kier alpha value is -1.49. The van der Waals surface area contributed by atoms with Gasteiger partial charge < -0.3 is 14.7 Å². The van der Waals surface area contributed by atoms with Crippen LogP contribution in [0.25, 0.3) is 0 Å². The summed E-state index contributed by atoms with van der Waals surface area (Å²) in [6.07, 6.45) is -4.71. The molecule has 1 aromatic carbocycles. The fourth-order valence-corrected chi connectivity index (χ4v) is 1.69. The van der Waals surface area contributed by atoms with Crippen LogP contribution in [0.1, 0.15) is 15.9 Å². The molecule has 1 unspecified atom stereocenters. The lowest BCUT2D eigenvalue weighted by atomic mass is 10.1. The largest absolute Gasteiger partial charge is 0.768 e. The van der Waals surface area contributed by atoms with Crippen molar-refractivity contribution in [1.29, 1.82) is 0 Å². The molecule has 10 heteroatoms. The molecule has 120 valence electrons. The Morgan fingerprint density at radius 2 is 1.81 bits per heavy atom. The highest BCUT2D eigenvalue weighted by Crippen LogP contribution is 2.31. The minimum atomic E-state index is -4.71. The lowest BCUT2D eigenvalue weighted by Gasteiger charge is -2.15. The van der Waals surface area contributed by atoms with Gasteiger partial charge in [-0.1, -0.05) is 0 Å². The van der Waals surface area contributed by atoms with Crippen LogP contribution in [0.4, 0.5) is 13.2 Å². The molecule has 1 atom stereocenters. The highest BCUT2D eigenvalue weighted by molar-refractivity contribution is 7.79. The van der Waals surface area contributed by atoms with Crippen LogP contribution in [0.3, 0.4) is 0 Å². The topological polar surface area (TPSA) is 92.7 Å². The van der Waals surface area contributed by atoms with Gasteiger partial charge in [0.05, 0.1) is 5.56 Å². The monoisotopic (exact) mass is 327 g/mol. The molecule has 0 fully saturated rings. The van der Waals surface area contributed by atoms with E-state index in [-0.39, 0.29) is 5.56 Å². The summed E-state index contributed by atoms with van der Waals surface area (Å²) in [5, 5.41) is 7.32. The highest BCUT2D eigenvalue weighted by Gasteiger charge is 2.32. The lowest BCUT2D eigenvalue weighted by Crippen LogP contribution is -2.22. The zero-order valence-electron chi connectivity index (χ0n) is 11.4. The van der Waals surface area contributed by atoms with Crippen molar-refractivity contribution in [3.8, 4) is 0 Å². The first-order valence-electron chi connectivity index (χ1n) is 5.38. The van der Waals surface area contributed by atoms with E-state index in [2.05, 4.69) is 0 Å². The van der Waals surface area contributed by atoms with E-state index in [1.54, 1.807) is 5.48 Å². The SMILES string of the molecule is CN(C)C(=O)c1cc(S(=O)[O-])cc(C(F)(F)F)c1.CNO. The fourth-order valence-electron chi connectivity index (χ4n) is 1.24. The number of halogens is 3. The summed E-state index contributed by atoms with van der Waals surface area (Å²) in [6, 6.07) is 2.01. The van der Waals surface area contributed by atoms with E-state index in [4.69, 9.17) is 5.21 Å². The predicted octanol–water partition coefficient (Wildman–Crippen LogP) is 1.24. The number of rotatable bonds is 2. The number of amides is 1. The number of nitrogens with zero attached hydrogens (tertiary/aromatic N) is 1. The zero-order valence-corrected chi connectivity index (χ0v) is 12.2. The van der Waals surface area contributed by atoms with Gasteiger partial charge in [0.25, 0.3) is 5.91 Å². The number of hydrogen-bond donors (Lipinski definition) is 2. The second-order valence-electron chi connectivity index (χ2n) is 3.90. The van der Waals surface area contributed by atoms with Gasteiger partial charge in [-0.15, -0.1) is 0 Å². The number of nitrogens with one attached hydrogen (secondary N) is 1. The molecular formula is C11H14F3N2O4S-. The molecule has 0 bridgehead atoms. The summed E-state index contributed by atoms with van der Waals surface area (Å²) in [4.78, 5) is 12.0. The van der Waals surface area contributed by atoms with Crippen molar-refractivity contribution < 1.29 is 31.9 Å². The van der Waals surface area contributed by atoms with E-state index in [0.29, 0.717) is 12.1 Å². The van der Waals surface area contributed by atoms with Gasteiger partial charge in [-0.25, -0.2) is 5.48 Å². The molecule has 0 saturated carbocycles. The van der Waals surface area contributed by atoms with Gasteiger partial charge >= 0.3 is 6.18 Å². The Kier molecular flexibility index (Phi) is 7.50. The summed E-state index contributed by atoms with van der Waals surface area (Å²) in [6.45, 7) is 0. The number of benzene rings is 1. The van der Waals surface area contributed by atoms with Crippen molar-refractivity contribution in [2.24, 2.45) is 0 Å². The Bertz CT molecular complexity index is 521. The van der Waals surface area contributed by atoms with Crippen LogP contribution in [0, 0.1) is 0 Å². The molecule has 0 aromatic heterocycles. The van der Waals surface area contributed by atoms with Crippen LogP contribution in [0.15, 0.2) is 23.1 Å². The Balaban J connectivity index is 0.00000122. The van der Waals surface area contributed by atoms with Crippen molar-refractivity contribution in [3.05, 3.63) is 29.3 Å². The predicted molar refractivity (Wildman–Crippen MR) is 67.5 cm³/mol. The number of hydroxylamine groups is 1. The molecule has 6 nitrogen and oxygen atoms in total. The molecule has 21 heavy (non-hydrogen) atoms. The van der Waals surface area contributed by atoms with Crippen LogP contribution < -0.4 is 5.48 Å². The normalized spacial score (nSPS) is 12.2. The van der Waals surface area contributed by atoms with Crippen LogP contribution >= 0.6 is 0 Å². The zero-order chi connectivity index (χ0) is 16.8. The minimum Gasteiger partial charge on any atom is -0.768 e. The summed E-state index contributed by atoms with van der Waals surface area (Å²) in [5.41, 5.74) is 0.253. The standard InChI is InChI=1S/C10H10F3NO3S.CH5NO/c1-14(2)9(15)6-3-7(10(11,12)13)5-8(4-6)18(16)17;1-2-3/h3-5H,1-2H3,(H,16,17);2-3H,1H3/p-1. The van der Waals surface area contributed by atoms with E-state index in [9.17, 15) is 26.7 Å². The van der Waals surface area contributed by atoms with Gasteiger partial charge in [-0.05, 0) is 29.3 Å². The third kappa shape index (κ3) is 6.21. The molecule has 0 saturated heterocycles. The maximum Gasteiger partial charge on any atom is 0.416 e. The van der Waals surface area contributed by atoms with Gasteiger partial charge in [-0.3, -0.25) is 9.00 Å². The molecular weight excluding hydrogens is 313 g/mol. The molecule has 0 radical (unpaired) electrons. The number of carbonyl (C=O) groups is 1. The Morgan fingerprint density at radius 3 is 2.14 bits per heavy atom. The summed E-state index contributed by atoms with van der Waals surface area (Å²) in [7, 11) is 4.15. The molecule has 0 aliphatic heterocycles. The van der Waals surface area contributed by atoms with Gasteiger partial charge in [-0.2, -0.15) is 13.2 Å². The summed E-state index contributed by atoms with van der Waals surface area (Å²) < 4.78 is 59.1. The third-order valence-corrected chi connectivity index (χ3v) is 2.70. The smallest absolute Gasteiger partial charge is 0.416 e. The van der Waals surface area contributed by atoms with Crippen molar-refractivity contribution in [1.82, 2.24) is 10.4 Å². The fraction of sp³-hybridized carbons (Fsp3) is 0.364. The minimum absolute atomic E-state index is 0.325. The first-order valence-corrected chi connectivity index (χ1v) is 6.46. The van der Waals surface area contributed by atoms with E-state index >= 15 is 0 Å². The molecule has 0 spiro atoms. The van der Waals surface area contributed by atoms with Crippen LogP contribution in [-0.2, 0) is 17.3 Å². The molecule has 1 amide bonds. The van der Waals surface area contributed by atoms with Crippen molar-refractivity contribution in [3.63, 3.8) is 0 Å².